The van der Waals surface area contributed by atoms with Gasteiger partial charge in [0.05, 0.1) is 17.0 Å². The molecule has 0 amide bonds. The molecular weight excluding hydrogens is 278 g/mol. The molecule has 1 aromatic carbocycles. The quantitative estimate of drug-likeness (QED) is 0.833. The summed E-state index contributed by atoms with van der Waals surface area (Å²) in [6.07, 6.45) is -0.292. The minimum absolute atomic E-state index is 0.292. The Morgan fingerprint density at radius 2 is 2.05 bits per heavy atom. The first-order valence-electron chi connectivity index (χ1n) is 5.65. The fourth-order valence-corrected chi connectivity index (χ4v) is 3.21. The van der Waals surface area contributed by atoms with E-state index in [2.05, 4.69) is 10.0 Å². The first-order valence-corrected chi connectivity index (χ1v) is 7.13. The van der Waals surface area contributed by atoms with Gasteiger partial charge in [-0.1, -0.05) is 0 Å². The van der Waals surface area contributed by atoms with E-state index in [1.165, 1.54) is 7.11 Å². The molecule has 0 aromatic heterocycles. The number of halogens is 2. The van der Waals surface area contributed by atoms with Crippen LogP contribution in [0, 0.1) is 11.6 Å². The van der Waals surface area contributed by atoms with Crippen LogP contribution < -0.4 is 10.0 Å². The van der Waals surface area contributed by atoms with Crippen molar-refractivity contribution in [3.05, 3.63) is 29.8 Å². The van der Waals surface area contributed by atoms with Gasteiger partial charge in [-0.25, -0.2) is 21.9 Å². The van der Waals surface area contributed by atoms with Crippen LogP contribution in [0.1, 0.15) is 0 Å². The summed E-state index contributed by atoms with van der Waals surface area (Å²) in [6, 6.07) is 2.01. The summed E-state index contributed by atoms with van der Waals surface area (Å²) >= 11 is 0. The molecule has 2 atom stereocenters. The lowest BCUT2D eigenvalue weighted by Crippen LogP contribution is -2.43. The lowest BCUT2D eigenvalue weighted by molar-refractivity contribution is 0.103. The van der Waals surface area contributed by atoms with E-state index in [1.807, 2.05) is 0 Å². The highest BCUT2D eigenvalue weighted by atomic mass is 32.2. The third-order valence-electron chi connectivity index (χ3n) is 2.97. The van der Waals surface area contributed by atoms with Gasteiger partial charge in [0.25, 0.3) is 0 Å². The van der Waals surface area contributed by atoms with Crippen LogP contribution in [0.25, 0.3) is 0 Å². The summed E-state index contributed by atoms with van der Waals surface area (Å²) in [5, 5.41) is 2.98. The monoisotopic (exact) mass is 292 g/mol. The highest BCUT2D eigenvalue weighted by Gasteiger charge is 2.31. The van der Waals surface area contributed by atoms with Gasteiger partial charge in [0, 0.05) is 20.2 Å². The van der Waals surface area contributed by atoms with Gasteiger partial charge < -0.3 is 10.1 Å². The van der Waals surface area contributed by atoms with E-state index in [1.54, 1.807) is 0 Å². The van der Waals surface area contributed by atoms with Crippen molar-refractivity contribution in [1.29, 1.82) is 0 Å². The number of nitrogens with one attached hydrogen (secondary N) is 2. The SMILES string of the molecule is CO[C@H]1CNCC1NS(=O)(=O)c1ccc(F)c(F)c1. The molecule has 0 spiro atoms. The molecule has 106 valence electrons. The van der Waals surface area contributed by atoms with Crippen LogP contribution in [0.2, 0.25) is 0 Å². The van der Waals surface area contributed by atoms with Crippen LogP contribution in [-0.4, -0.2) is 40.8 Å². The van der Waals surface area contributed by atoms with Crippen molar-refractivity contribution in [3.8, 4) is 0 Å². The van der Waals surface area contributed by atoms with Crippen molar-refractivity contribution < 1.29 is 21.9 Å². The Hall–Kier alpha value is -1.09. The molecule has 2 N–H and O–H groups in total. The van der Waals surface area contributed by atoms with E-state index < -0.39 is 27.7 Å². The van der Waals surface area contributed by atoms with Gasteiger partial charge in [0.2, 0.25) is 10.0 Å². The average Bonchev–Trinajstić information content (AvgIpc) is 2.79. The summed E-state index contributed by atoms with van der Waals surface area (Å²) in [5.41, 5.74) is 0. The number of rotatable bonds is 4. The highest BCUT2D eigenvalue weighted by Crippen LogP contribution is 2.15. The van der Waals surface area contributed by atoms with Crippen LogP contribution in [0.3, 0.4) is 0 Å². The van der Waals surface area contributed by atoms with E-state index in [0.29, 0.717) is 19.2 Å². The molecule has 1 aliphatic rings. The molecule has 0 aliphatic carbocycles. The van der Waals surface area contributed by atoms with Crippen molar-refractivity contribution in [2.24, 2.45) is 0 Å². The summed E-state index contributed by atoms with van der Waals surface area (Å²) in [5.74, 6) is -2.29. The predicted octanol–water partition coefficient (Wildman–Crippen LogP) is 0.230. The molecule has 2 rings (SSSR count). The number of sulfonamides is 1. The average molecular weight is 292 g/mol. The standard InChI is InChI=1S/C11H14F2N2O3S/c1-18-11-6-14-5-10(11)15-19(16,17)7-2-3-8(12)9(13)4-7/h2-4,10-11,14-15H,5-6H2,1H3/t10?,11-/m0/s1. The third kappa shape index (κ3) is 3.08. The molecule has 0 saturated carbocycles. The van der Waals surface area contributed by atoms with Crippen molar-refractivity contribution in [2.45, 2.75) is 17.0 Å². The lowest BCUT2D eigenvalue weighted by Gasteiger charge is -2.18. The van der Waals surface area contributed by atoms with Gasteiger partial charge in [0.15, 0.2) is 11.6 Å². The zero-order valence-corrected chi connectivity index (χ0v) is 11.0. The Morgan fingerprint density at radius 1 is 1.32 bits per heavy atom. The summed E-state index contributed by atoms with van der Waals surface area (Å²) in [7, 11) is -2.42. The van der Waals surface area contributed by atoms with Crippen LogP contribution >= 0.6 is 0 Å². The molecule has 1 unspecified atom stereocenters. The first kappa shape index (κ1) is 14.3. The Kier molecular flexibility index (Phi) is 4.14. The molecule has 1 saturated heterocycles. The maximum Gasteiger partial charge on any atom is 0.241 e. The Morgan fingerprint density at radius 3 is 2.68 bits per heavy atom. The predicted molar refractivity (Wildman–Crippen MR) is 64.1 cm³/mol. The number of hydrogen-bond donors (Lipinski definition) is 2. The second-order valence-electron chi connectivity index (χ2n) is 4.24. The molecule has 8 heteroatoms. The van der Waals surface area contributed by atoms with Gasteiger partial charge in [-0.15, -0.1) is 0 Å². The van der Waals surface area contributed by atoms with Crippen LogP contribution in [0.5, 0.6) is 0 Å². The zero-order valence-electron chi connectivity index (χ0n) is 10.2. The maximum atomic E-state index is 13.1. The largest absolute Gasteiger partial charge is 0.378 e. The minimum atomic E-state index is -3.90. The second kappa shape index (κ2) is 5.49. The first-order chi connectivity index (χ1) is 8.94. The molecule has 1 aliphatic heterocycles. The van der Waals surface area contributed by atoms with Crippen LogP contribution in [0.15, 0.2) is 23.1 Å². The molecular formula is C11H14F2N2O3S. The number of hydrogen-bond acceptors (Lipinski definition) is 4. The van der Waals surface area contributed by atoms with E-state index in [0.717, 1.165) is 12.1 Å². The fraction of sp³-hybridized carbons (Fsp3) is 0.455. The summed E-state index contributed by atoms with van der Waals surface area (Å²) < 4.78 is 57.4. The van der Waals surface area contributed by atoms with Crippen molar-refractivity contribution in [2.75, 3.05) is 20.2 Å². The third-order valence-corrected chi connectivity index (χ3v) is 4.46. The lowest BCUT2D eigenvalue weighted by atomic mass is 10.2. The highest BCUT2D eigenvalue weighted by molar-refractivity contribution is 7.89. The van der Waals surface area contributed by atoms with Crippen molar-refractivity contribution in [1.82, 2.24) is 10.0 Å². The normalized spacial score (nSPS) is 23.7. The number of ether oxygens (including phenoxy) is 1. The molecule has 0 radical (unpaired) electrons. The van der Waals surface area contributed by atoms with Gasteiger partial charge >= 0.3 is 0 Å². The van der Waals surface area contributed by atoms with Gasteiger partial charge in [-0.2, -0.15) is 0 Å². The summed E-state index contributed by atoms with van der Waals surface area (Å²) in [4.78, 5) is -0.312. The topological polar surface area (TPSA) is 67.4 Å². The van der Waals surface area contributed by atoms with Gasteiger partial charge in [-0.3, -0.25) is 0 Å². The zero-order chi connectivity index (χ0) is 14.0. The van der Waals surface area contributed by atoms with Gasteiger partial charge in [-0.05, 0) is 18.2 Å². The number of methoxy groups -OCH3 is 1. The van der Waals surface area contributed by atoms with E-state index in [9.17, 15) is 17.2 Å². The molecule has 19 heavy (non-hydrogen) atoms. The van der Waals surface area contributed by atoms with Crippen molar-refractivity contribution in [3.63, 3.8) is 0 Å². The van der Waals surface area contributed by atoms with Crippen LogP contribution in [-0.2, 0) is 14.8 Å². The Labute approximate surface area is 110 Å². The summed E-state index contributed by atoms with van der Waals surface area (Å²) in [6.45, 7) is 0.947. The molecule has 1 heterocycles. The minimum Gasteiger partial charge on any atom is -0.378 e. The Bertz CT molecular complexity index is 565. The fourth-order valence-electron chi connectivity index (χ4n) is 1.93. The maximum absolute atomic E-state index is 13.1. The molecule has 1 fully saturated rings. The molecule has 1 aromatic rings. The Balaban J connectivity index is 2.20. The molecule has 0 bridgehead atoms. The smallest absolute Gasteiger partial charge is 0.241 e. The van der Waals surface area contributed by atoms with Crippen LogP contribution in [0.4, 0.5) is 8.78 Å². The second-order valence-corrected chi connectivity index (χ2v) is 5.95. The molecule has 5 nitrogen and oxygen atoms in total. The number of benzene rings is 1. The van der Waals surface area contributed by atoms with E-state index in [4.69, 9.17) is 4.74 Å². The van der Waals surface area contributed by atoms with Gasteiger partial charge in [0.1, 0.15) is 0 Å². The van der Waals surface area contributed by atoms with E-state index in [-0.39, 0.29) is 11.0 Å². The van der Waals surface area contributed by atoms with Crippen molar-refractivity contribution >= 4 is 10.0 Å². The van der Waals surface area contributed by atoms with E-state index >= 15 is 0 Å².